The van der Waals surface area contributed by atoms with E-state index in [1.54, 1.807) is 30.2 Å². The highest BCUT2D eigenvalue weighted by Crippen LogP contribution is 2.40. The van der Waals surface area contributed by atoms with E-state index in [1.807, 2.05) is 43.3 Å². The SMILES string of the molecule is CCN1C(=O)C(=Cc2cc(Br)c(OCc3ccc(Br)cc3)c(OC)c2)SC1=Nc1ccc(C(=O)O)cc1. The van der Waals surface area contributed by atoms with Crippen LogP contribution in [0.1, 0.15) is 28.4 Å². The van der Waals surface area contributed by atoms with E-state index in [4.69, 9.17) is 14.6 Å². The molecule has 1 aliphatic heterocycles. The second-order valence-electron chi connectivity index (χ2n) is 7.86. The van der Waals surface area contributed by atoms with Crippen LogP contribution in [-0.2, 0) is 11.4 Å². The molecule has 1 saturated heterocycles. The van der Waals surface area contributed by atoms with Crippen LogP contribution in [0, 0.1) is 0 Å². The molecule has 0 unspecified atom stereocenters. The monoisotopic (exact) mass is 644 g/mol. The molecular weight excluding hydrogens is 624 g/mol. The number of aliphatic imine (C=N–C) groups is 1. The van der Waals surface area contributed by atoms with Crippen LogP contribution in [-0.4, -0.2) is 40.7 Å². The Morgan fingerprint density at radius 3 is 2.43 bits per heavy atom. The minimum Gasteiger partial charge on any atom is -0.493 e. The Kier molecular flexibility index (Phi) is 8.73. The molecule has 4 rings (SSSR count). The summed E-state index contributed by atoms with van der Waals surface area (Å²) in [5.41, 5.74) is 2.52. The third-order valence-electron chi connectivity index (χ3n) is 5.39. The Hall–Kier alpha value is -3.08. The molecular formula is C27H22Br2N2O5S. The number of hydrogen-bond donors (Lipinski definition) is 1. The number of likely N-dealkylation sites (N-methyl/N-ethyl adjacent to an activating group) is 1. The van der Waals surface area contributed by atoms with Gasteiger partial charge in [-0.2, -0.15) is 0 Å². The van der Waals surface area contributed by atoms with Crippen LogP contribution in [0.2, 0.25) is 0 Å². The van der Waals surface area contributed by atoms with E-state index in [0.717, 1.165) is 15.6 Å². The van der Waals surface area contributed by atoms with Gasteiger partial charge >= 0.3 is 5.97 Å². The van der Waals surface area contributed by atoms with Crippen molar-refractivity contribution in [2.75, 3.05) is 13.7 Å². The number of hydrogen-bond acceptors (Lipinski definition) is 6. The van der Waals surface area contributed by atoms with Gasteiger partial charge < -0.3 is 14.6 Å². The summed E-state index contributed by atoms with van der Waals surface area (Å²) in [4.78, 5) is 30.8. The maximum atomic E-state index is 13.1. The van der Waals surface area contributed by atoms with Crippen molar-refractivity contribution >= 4 is 72.4 Å². The van der Waals surface area contributed by atoms with Gasteiger partial charge in [-0.05, 0) is 100 Å². The van der Waals surface area contributed by atoms with Crippen molar-refractivity contribution in [3.8, 4) is 11.5 Å². The number of benzene rings is 3. The maximum Gasteiger partial charge on any atom is 0.335 e. The Morgan fingerprint density at radius 2 is 1.81 bits per heavy atom. The molecule has 0 radical (unpaired) electrons. The normalized spacial score (nSPS) is 15.5. The number of carbonyl (C=O) groups is 2. The van der Waals surface area contributed by atoms with Crippen LogP contribution in [0.3, 0.4) is 0 Å². The second kappa shape index (κ2) is 12.0. The third-order valence-corrected chi connectivity index (χ3v) is 7.51. The molecule has 37 heavy (non-hydrogen) atoms. The summed E-state index contributed by atoms with van der Waals surface area (Å²) >= 11 is 8.27. The van der Waals surface area contributed by atoms with Crippen LogP contribution in [0.5, 0.6) is 11.5 Å². The third kappa shape index (κ3) is 6.44. The highest BCUT2D eigenvalue weighted by atomic mass is 79.9. The van der Waals surface area contributed by atoms with Gasteiger partial charge in [0.05, 0.1) is 27.7 Å². The maximum absolute atomic E-state index is 13.1. The first-order valence-corrected chi connectivity index (χ1v) is 13.6. The number of ether oxygens (including phenoxy) is 2. The Morgan fingerprint density at radius 1 is 1.11 bits per heavy atom. The van der Waals surface area contributed by atoms with Crippen molar-refractivity contribution < 1.29 is 24.2 Å². The highest BCUT2D eigenvalue weighted by Gasteiger charge is 2.32. The zero-order valence-electron chi connectivity index (χ0n) is 19.9. The first-order chi connectivity index (χ1) is 17.8. The fourth-order valence-electron chi connectivity index (χ4n) is 3.51. The second-order valence-corrected chi connectivity index (χ2v) is 10.6. The van der Waals surface area contributed by atoms with Crippen LogP contribution in [0.4, 0.5) is 5.69 Å². The number of thioether (sulfide) groups is 1. The summed E-state index contributed by atoms with van der Waals surface area (Å²) < 4.78 is 13.3. The van der Waals surface area contributed by atoms with Crippen molar-refractivity contribution in [3.05, 3.63) is 91.2 Å². The molecule has 1 N–H and O–H groups in total. The molecule has 7 nitrogen and oxygen atoms in total. The van der Waals surface area contributed by atoms with Crippen molar-refractivity contribution in [3.63, 3.8) is 0 Å². The van der Waals surface area contributed by atoms with Gasteiger partial charge in [-0.1, -0.05) is 28.1 Å². The molecule has 3 aromatic rings. The minimum absolute atomic E-state index is 0.154. The first-order valence-electron chi connectivity index (χ1n) is 11.2. The molecule has 0 aliphatic carbocycles. The number of carboxylic acid groups (broad SMARTS) is 1. The predicted octanol–water partition coefficient (Wildman–Crippen LogP) is 7.12. The van der Waals surface area contributed by atoms with Crippen molar-refractivity contribution in [2.24, 2.45) is 4.99 Å². The number of amidine groups is 1. The molecule has 3 aromatic carbocycles. The zero-order chi connectivity index (χ0) is 26.5. The number of amides is 1. The number of halogens is 2. The Labute approximate surface area is 235 Å². The lowest BCUT2D eigenvalue weighted by Crippen LogP contribution is -2.28. The number of methoxy groups -OCH3 is 1. The van der Waals surface area contributed by atoms with E-state index in [1.165, 1.54) is 23.9 Å². The fourth-order valence-corrected chi connectivity index (χ4v) is 5.41. The summed E-state index contributed by atoms with van der Waals surface area (Å²) in [6, 6.07) is 17.8. The molecule has 1 aliphatic rings. The van der Waals surface area contributed by atoms with Gasteiger partial charge in [-0.25, -0.2) is 9.79 Å². The summed E-state index contributed by atoms with van der Waals surface area (Å²) in [6.45, 7) is 2.70. The lowest BCUT2D eigenvalue weighted by molar-refractivity contribution is -0.122. The van der Waals surface area contributed by atoms with E-state index in [9.17, 15) is 9.59 Å². The van der Waals surface area contributed by atoms with Gasteiger partial charge in [-0.3, -0.25) is 9.69 Å². The van der Waals surface area contributed by atoms with E-state index in [-0.39, 0.29) is 11.5 Å². The zero-order valence-corrected chi connectivity index (χ0v) is 23.9. The van der Waals surface area contributed by atoms with E-state index in [2.05, 4.69) is 36.9 Å². The summed E-state index contributed by atoms with van der Waals surface area (Å²) in [7, 11) is 1.57. The van der Waals surface area contributed by atoms with Gasteiger partial charge in [-0.15, -0.1) is 0 Å². The molecule has 190 valence electrons. The lowest BCUT2D eigenvalue weighted by atomic mass is 10.1. The molecule has 0 aromatic heterocycles. The largest absolute Gasteiger partial charge is 0.493 e. The molecule has 1 fully saturated rings. The number of carboxylic acids is 1. The quantitative estimate of drug-likeness (QED) is 0.263. The molecule has 1 heterocycles. The van der Waals surface area contributed by atoms with E-state index in [0.29, 0.717) is 44.9 Å². The lowest BCUT2D eigenvalue weighted by Gasteiger charge is -2.14. The van der Waals surface area contributed by atoms with Crippen molar-refractivity contribution in [1.82, 2.24) is 4.90 Å². The topological polar surface area (TPSA) is 88.4 Å². The smallest absolute Gasteiger partial charge is 0.335 e. The van der Waals surface area contributed by atoms with E-state index < -0.39 is 5.97 Å². The minimum atomic E-state index is -1.00. The van der Waals surface area contributed by atoms with Crippen LogP contribution >= 0.6 is 43.6 Å². The summed E-state index contributed by atoms with van der Waals surface area (Å²) in [5.74, 6) is -0.0517. The molecule has 10 heteroatoms. The molecule has 0 spiro atoms. The van der Waals surface area contributed by atoms with Gasteiger partial charge in [0.1, 0.15) is 6.61 Å². The summed E-state index contributed by atoms with van der Waals surface area (Å²) in [6.07, 6.45) is 1.79. The number of carbonyl (C=O) groups excluding carboxylic acids is 1. The van der Waals surface area contributed by atoms with Gasteiger partial charge in [0, 0.05) is 11.0 Å². The fraction of sp³-hybridized carbons (Fsp3) is 0.148. The number of nitrogens with zero attached hydrogens (tertiary/aromatic N) is 2. The van der Waals surface area contributed by atoms with Crippen LogP contribution in [0.15, 0.2) is 79.5 Å². The standard InChI is InChI=1S/C27H22Br2N2O5S/c1-3-31-25(32)23(37-27(31)30-20-10-6-18(7-11-20)26(33)34)14-17-12-21(29)24(22(13-17)35-2)36-15-16-4-8-19(28)9-5-16/h4-14H,3,15H2,1-2H3,(H,33,34). The van der Waals surface area contributed by atoms with Crippen molar-refractivity contribution in [1.29, 1.82) is 0 Å². The average molecular weight is 646 g/mol. The first kappa shape index (κ1) is 27.0. The van der Waals surface area contributed by atoms with Gasteiger partial charge in [0.25, 0.3) is 5.91 Å². The molecule has 0 bridgehead atoms. The number of aromatic carboxylic acids is 1. The van der Waals surface area contributed by atoms with Crippen LogP contribution < -0.4 is 9.47 Å². The molecule has 1 amide bonds. The Bertz CT molecular complexity index is 1390. The van der Waals surface area contributed by atoms with Crippen molar-refractivity contribution in [2.45, 2.75) is 13.5 Å². The Balaban J connectivity index is 1.57. The number of rotatable bonds is 8. The molecule has 0 atom stereocenters. The highest BCUT2D eigenvalue weighted by molar-refractivity contribution is 9.10. The van der Waals surface area contributed by atoms with Gasteiger partial charge in [0.2, 0.25) is 0 Å². The van der Waals surface area contributed by atoms with Gasteiger partial charge in [0.15, 0.2) is 16.7 Å². The summed E-state index contributed by atoms with van der Waals surface area (Å²) in [5, 5.41) is 9.62. The molecule has 0 saturated carbocycles. The average Bonchev–Trinajstić information content (AvgIpc) is 3.17. The van der Waals surface area contributed by atoms with Crippen LogP contribution in [0.25, 0.3) is 6.08 Å². The predicted molar refractivity (Wildman–Crippen MR) is 153 cm³/mol. The van der Waals surface area contributed by atoms with E-state index >= 15 is 0 Å².